The third-order valence-corrected chi connectivity index (χ3v) is 10.4. The molecule has 4 heterocycles. The lowest BCUT2D eigenvalue weighted by atomic mass is 9.95. The predicted octanol–water partition coefficient (Wildman–Crippen LogP) is 12.5. The number of alkyl halides is 6. The second kappa shape index (κ2) is 13.1. The summed E-state index contributed by atoms with van der Waals surface area (Å²) in [4.78, 5) is 17.5. The minimum Gasteiger partial charge on any atom is -0.309 e. The molecule has 0 saturated carbocycles. The summed E-state index contributed by atoms with van der Waals surface area (Å²) < 4.78 is 95.3. The van der Waals surface area contributed by atoms with Gasteiger partial charge in [0.05, 0.1) is 39.0 Å². The molecule has 0 radical (unpaired) electrons. The second-order valence-corrected chi connectivity index (χ2v) is 13.7. The maximum Gasteiger partial charge on any atom is 0.420 e. The lowest BCUT2D eigenvalue weighted by Gasteiger charge is -2.24. The summed E-state index contributed by atoms with van der Waals surface area (Å²) in [6, 6.07) is 35.5. The van der Waals surface area contributed by atoms with E-state index >= 15 is 13.2 Å². The summed E-state index contributed by atoms with van der Waals surface area (Å²) in [5, 5.41) is 2.68. The summed E-state index contributed by atoms with van der Waals surface area (Å²) in [7, 11) is 0. The van der Waals surface area contributed by atoms with Gasteiger partial charge < -0.3 is 9.13 Å². The van der Waals surface area contributed by atoms with Gasteiger partial charge in [-0.15, -0.1) is 0 Å². The Bertz CT molecular complexity index is 3200. The van der Waals surface area contributed by atoms with Crippen LogP contribution in [-0.4, -0.2) is 29.1 Å². The predicted molar refractivity (Wildman–Crippen MR) is 213 cm³/mol. The van der Waals surface area contributed by atoms with Crippen LogP contribution >= 0.6 is 0 Å². The van der Waals surface area contributed by atoms with Gasteiger partial charge in [0, 0.05) is 63.0 Å². The number of hydrogen-bond donors (Lipinski definition) is 0. The van der Waals surface area contributed by atoms with E-state index in [1.165, 1.54) is 28.8 Å². The summed E-state index contributed by atoms with van der Waals surface area (Å²) in [6.45, 7) is 0. The van der Waals surface area contributed by atoms with Gasteiger partial charge in [0.1, 0.15) is 5.56 Å². The van der Waals surface area contributed by atoms with E-state index < -0.39 is 23.5 Å². The third-order valence-electron chi connectivity index (χ3n) is 10.4. The molecule has 0 aliphatic carbocycles. The van der Waals surface area contributed by atoms with E-state index in [2.05, 4.69) is 19.9 Å². The Hall–Kier alpha value is -7.34. The molecule has 58 heavy (non-hydrogen) atoms. The molecule has 0 spiro atoms. The van der Waals surface area contributed by atoms with Crippen molar-refractivity contribution in [3.05, 3.63) is 169 Å². The molecule has 0 fully saturated rings. The molecule has 0 aliphatic heterocycles. The van der Waals surface area contributed by atoms with Crippen molar-refractivity contribution >= 4 is 43.6 Å². The van der Waals surface area contributed by atoms with E-state index in [1.54, 1.807) is 96.1 Å². The maximum absolute atomic E-state index is 16.5. The molecule has 6 aromatic carbocycles. The van der Waals surface area contributed by atoms with Crippen molar-refractivity contribution in [3.8, 4) is 45.3 Å². The molecule has 10 rings (SSSR count). The van der Waals surface area contributed by atoms with Crippen LogP contribution in [0.5, 0.6) is 0 Å². The van der Waals surface area contributed by atoms with Crippen LogP contribution in [0.25, 0.3) is 88.9 Å². The normalized spacial score (nSPS) is 12.3. The summed E-state index contributed by atoms with van der Waals surface area (Å²) in [5.41, 5.74) is 0.208. The lowest BCUT2D eigenvalue weighted by Crippen LogP contribution is -2.17. The molecule has 282 valence electrons. The molecule has 4 aromatic heterocycles. The van der Waals surface area contributed by atoms with Crippen molar-refractivity contribution in [3.63, 3.8) is 0 Å². The zero-order valence-electron chi connectivity index (χ0n) is 30.0. The van der Waals surface area contributed by atoms with E-state index in [0.717, 1.165) is 12.1 Å². The average molecular weight is 777 g/mol. The van der Waals surface area contributed by atoms with Crippen LogP contribution < -0.4 is 0 Å². The van der Waals surface area contributed by atoms with Gasteiger partial charge in [-0.05, 0) is 60.2 Å². The summed E-state index contributed by atoms with van der Waals surface area (Å²) >= 11 is 0. The van der Waals surface area contributed by atoms with Gasteiger partial charge in [0.2, 0.25) is 0 Å². The standard InChI is InChI=1S/C46H26F6N6/c47-45(48,49)30-9-5-8-27(24-30)31-18-19-38(57-36-12-3-1-10-32(36)34-16-14-28(25-39(34)57)43-53-20-6-21-54-43)41(46(50,51)52)42(31)58-37-13-4-2-11-33(37)35-17-15-29(26-40(35)58)44-55-22-7-23-56-44/h1-26H. The molecule has 10 aromatic rings. The fourth-order valence-corrected chi connectivity index (χ4v) is 7.99. The van der Waals surface area contributed by atoms with Crippen LogP contribution in [0, 0.1) is 0 Å². The second-order valence-electron chi connectivity index (χ2n) is 13.7. The zero-order chi connectivity index (χ0) is 39.8. The van der Waals surface area contributed by atoms with Gasteiger partial charge in [-0.1, -0.05) is 78.9 Å². The number of nitrogens with zero attached hydrogens (tertiary/aromatic N) is 6. The third kappa shape index (κ3) is 5.67. The minimum atomic E-state index is -5.04. The first-order valence-electron chi connectivity index (χ1n) is 18.1. The number of para-hydroxylation sites is 2. The first-order chi connectivity index (χ1) is 28.1. The smallest absolute Gasteiger partial charge is 0.309 e. The molecule has 0 amide bonds. The Morgan fingerprint density at radius 3 is 1.47 bits per heavy atom. The van der Waals surface area contributed by atoms with E-state index in [1.807, 2.05) is 30.3 Å². The SMILES string of the molecule is FC(F)(F)c1cccc(-c2ccc(-n3c4ccccc4c4ccc(-c5ncccn5)cc43)c(C(F)(F)F)c2-n2c3ccccc3c3ccc(-c4ncccn4)cc32)c1. The number of benzene rings is 6. The minimum absolute atomic E-state index is 0.0407. The molecule has 0 unspecified atom stereocenters. The molecule has 0 N–H and O–H groups in total. The van der Waals surface area contributed by atoms with Crippen LogP contribution in [0.2, 0.25) is 0 Å². The fraction of sp³-hybridized carbons (Fsp3) is 0.0435. The van der Waals surface area contributed by atoms with E-state index in [0.29, 0.717) is 66.4 Å². The Morgan fingerprint density at radius 2 is 0.914 bits per heavy atom. The highest BCUT2D eigenvalue weighted by Gasteiger charge is 2.41. The highest BCUT2D eigenvalue weighted by Crippen LogP contribution is 2.48. The van der Waals surface area contributed by atoms with Gasteiger partial charge >= 0.3 is 12.4 Å². The summed E-state index contributed by atoms with van der Waals surface area (Å²) in [5.74, 6) is 0.744. The monoisotopic (exact) mass is 776 g/mol. The summed E-state index contributed by atoms with van der Waals surface area (Å²) in [6.07, 6.45) is -3.48. The molecule has 0 saturated heterocycles. The largest absolute Gasteiger partial charge is 0.420 e. The first kappa shape index (κ1) is 35.1. The van der Waals surface area contributed by atoms with E-state index in [4.69, 9.17) is 0 Å². The number of hydrogen-bond acceptors (Lipinski definition) is 4. The highest BCUT2D eigenvalue weighted by atomic mass is 19.4. The van der Waals surface area contributed by atoms with Gasteiger partial charge in [-0.2, -0.15) is 26.3 Å². The zero-order valence-corrected chi connectivity index (χ0v) is 30.0. The van der Waals surface area contributed by atoms with Crippen LogP contribution in [0.15, 0.2) is 158 Å². The van der Waals surface area contributed by atoms with Crippen molar-refractivity contribution in [2.24, 2.45) is 0 Å². The molecule has 0 atom stereocenters. The quantitative estimate of drug-likeness (QED) is 0.163. The highest BCUT2D eigenvalue weighted by molar-refractivity contribution is 6.12. The van der Waals surface area contributed by atoms with Crippen LogP contribution in [0.3, 0.4) is 0 Å². The van der Waals surface area contributed by atoms with E-state index in [-0.39, 0.29) is 22.5 Å². The fourth-order valence-electron chi connectivity index (χ4n) is 7.99. The molecular weight excluding hydrogens is 751 g/mol. The van der Waals surface area contributed by atoms with Gasteiger partial charge in [-0.3, -0.25) is 0 Å². The van der Waals surface area contributed by atoms with Crippen LogP contribution in [-0.2, 0) is 12.4 Å². The molecule has 0 aliphatic rings. The van der Waals surface area contributed by atoms with Crippen molar-refractivity contribution in [2.75, 3.05) is 0 Å². The van der Waals surface area contributed by atoms with Crippen LogP contribution in [0.1, 0.15) is 11.1 Å². The number of halogens is 6. The number of aromatic nitrogens is 6. The van der Waals surface area contributed by atoms with Crippen molar-refractivity contribution < 1.29 is 26.3 Å². The Kier molecular flexibility index (Phi) is 7.94. The van der Waals surface area contributed by atoms with Crippen molar-refractivity contribution in [1.82, 2.24) is 29.1 Å². The Balaban J connectivity index is 1.38. The Labute approximate surface area is 325 Å². The van der Waals surface area contributed by atoms with Gasteiger partial charge in [0.15, 0.2) is 11.6 Å². The Morgan fingerprint density at radius 1 is 0.397 bits per heavy atom. The van der Waals surface area contributed by atoms with Crippen molar-refractivity contribution in [2.45, 2.75) is 12.4 Å². The topological polar surface area (TPSA) is 61.4 Å². The molecule has 12 heteroatoms. The van der Waals surface area contributed by atoms with Gasteiger partial charge in [-0.25, -0.2) is 19.9 Å². The van der Waals surface area contributed by atoms with Gasteiger partial charge in [0.25, 0.3) is 0 Å². The molecular formula is C46H26F6N6. The van der Waals surface area contributed by atoms with Crippen molar-refractivity contribution in [1.29, 1.82) is 0 Å². The maximum atomic E-state index is 16.5. The van der Waals surface area contributed by atoms with Crippen LogP contribution in [0.4, 0.5) is 26.3 Å². The number of fused-ring (bicyclic) bond motifs is 6. The number of rotatable bonds is 5. The lowest BCUT2D eigenvalue weighted by molar-refractivity contribution is -0.138. The first-order valence-corrected chi connectivity index (χ1v) is 18.1. The average Bonchev–Trinajstić information content (AvgIpc) is 3.75. The van der Waals surface area contributed by atoms with E-state index in [9.17, 15) is 13.2 Å². The molecule has 0 bridgehead atoms. The molecule has 6 nitrogen and oxygen atoms in total.